The summed E-state index contributed by atoms with van der Waals surface area (Å²) in [5.41, 5.74) is 1.94. The van der Waals surface area contributed by atoms with Gasteiger partial charge in [-0.1, -0.05) is 24.3 Å². The summed E-state index contributed by atoms with van der Waals surface area (Å²) in [6.45, 7) is 0. The topological polar surface area (TPSA) is 12.0 Å². The minimum atomic E-state index is -2.36. The zero-order chi connectivity index (χ0) is 10.8. The van der Waals surface area contributed by atoms with Crippen LogP contribution in [0.15, 0.2) is 24.3 Å². The smallest absolute Gasteiger partial charge is 0.257 e. The maximum Gasteiger partial charge on any atom is 0.257 e. The van der Waals surface area contributed by atoms with Crippen molar-refractivity contribution >= 4 is 0 Å². The van der Waals surface area contributed by atoms with E-state index in [9.17, 15) is 8.78 Å². The first-order valence-corrected chi connectivity index (χ1v) is 5.27. The first-order chi connectivity index (χ1) is 7.22. The number of hydrogen-bond acceptors (Lipinski definition) is 1. The van der Waals surface area contributed by atoms with Crippen LogP contribution in [0.2, 0.25) is 0 Å². The normalized spacial score (nSPS) is 18.1. The molecular formula is C12H15F2N. The average Bonchev–Trinajstić information content (AvgIpc) is 3.03. The van der Waals surface area contributed by atoms with Crippen LogP contribution < -0.4 is 5.32 Å². The lowest BCUT2D eigenvalue weighted by Gasteiger charge is -2.15. The lowest BCUT2D eigenvalue weighted by molar-refractivity contribution is 0.102. The first kappa shape index (κ1) is 10.6. The Morgan fingerprint density at radius 2 is 1.80 bits per heavy atom. The van der Waals surface area contributed by atoms with E-state index in [-0.39, 0.29) is 0 Å². The van der Waals surface area contributed by atoms with Gasteiger partial charge in [0.2, 0.25) is 0 Å². The Bertz CT molecular complexity index is 317. The summed E-state index contributed by atoms with van der Waals surface area (Å²) in [5, 5.41) is 2.63. The minimum absolute atomic E-state index is 0.664. The van der Waals surface area contributed by atoms with Crippen molar-refractivity contribution in [3.63, 3.8) is 0 Å². The van der Waals surface area contributed by atoms with Gasteiger partial charge in [-0.15, -0.1) is 0 Å². The molecule has 0 saturated heterocycles. The predicted octanol–water partition coefficient (Wildman–Crippen LogP) is 3.09. The molecule has 1 saturated carbocycles. The van der Waals surface area contributed by atoms with Crippen LogP contribution in [0, 0.1) is 0 Å². The SMILES string of the molecule is CNC(c1ccc(C2CC2)cc1)C(F)F. The van der Waals surface area contributed by atoms with Gasteiger partial charge in [0.15, 0.2) is 0 Å². The van der Waals surface area contributed by atoms with Gasteiger partial charge >= 0.3 is 0 Å². The molecule has 82 valence electrons. The van der Waals surface area contributed by atoms with Crippen LogP contribution in [0.4, 0.5) is 8.78 Å². The van der Waals surface area contributed by atoms with Crippen molar-refractivity contribution < 1.29 is 8.78 Å². The zero-order valence-electron chi connectivity index (χ0n) is 8.71. The third-order valence-corrected chi connectivity index (χ3v) is 2.91. The second kappa shape index (κ2) is 4.27. The molecule has 1 N–H and O–H groups in total. The second-order valence-corrected chi connectivity index (χ2v) is 4.04. The van der Waals surface area contributed by atoms with Crippen LogP contribution in [0.5, 0.6) is 0 Å². The number of benzene rings is 1. The van der Waals surface area contributed by atoms with Crippen molar-refractivity contribution in [1.82, 2.24) is 5.32 Å². The highest BCUT2D eigenvalue weighted by Crippen LogP contribution is 2.40. The molecule has 0 aliphatic heterocycles. The van der Waals surface area contributed by atoms with Gasteiger partial charge < -0.3 is 5.32 Å². The van der Waals surface area contributed by atoms with E-state index >= 15 is 0 Å². The van der Waals surface area contributed by atoms with E-state index < -0.39 is 12.5 Å². The largest absolute Gasteiger partial charge is 0.308 e. The summed E-state index contributed by atoms with van der Waals surface area (Å²) >= 11 is 0. The summed E-state index contributed by atoms with van der Waals surface area (Å²) in [5.74, 6) is 0.679. The molecule has 0 radical (unpaired) electrons. The summed E-state index contributed by atoms with van der Waals surface area (Å²) in [6.07, 6.45) is 0.120. The highest BCUT2D eigenvalue weighted by Gasteiger charge is 2.24. The lowest BCUT2D eigenvalue weighted by Crippen LogP contribution is -2.23. The van der Waals surface area contributed by atoms with E-state index in [1.54, 1.807) is 19.2 Å². The molecular weight excluding hydrogens is 196 g/mol. The van der Waals surface area contributed by atoms with Crippen molar-refractivity contribution in [3.05, 3.63) is 35.4 Å². The van der Waals surface area contributed by atoms with Crippen molar-refractivity contribution in [2.45, 2.75) is 31.2 Å². The Balaban J connectivity index is 2.13. The summed E-state index contributed by atoms with van der Waals surface area (Å²) in [7, 11) is 1.56. The Kier molecular flexibility index (Phi) is 3.00. The fourth-order valence-corrected chi connectivity index (χ4v) is 1.83. The molecule has 3 heteroatoms. The Morgan fingerprint density at radius 1 is 1.20 bits per heavy atom. The average molecular weight is 211 g/mol. The highest BCUT2D eigenvalue weighted by molar-refractivity contribution is 5.29. The van der Waals surface area contributed by atoms with Gasteiger partial charge in [0.1, 0.15) is 0 Å². The molecule has 15 heavy (non-hydrogen) atoms. The van der Waals surface area contributed by atoms with Crippen molar-refractivity contribution in [2.75, 3.05) is 7.05 Å². The standard InChI is InChI=1S/C12H15F2N/c1-15-11(12(13)14)10-6-4-9(5-7-10)8-2-3-8/h4-8,11-12,15H,2-3H2,1H3. The van der Waals surface area contributed by atoms with Gasteiger partial charge in [-0.3, -0.25) is 0 Å². The molecule has 1 fully saturated rings. The molecule has 0 amide bonds. The number of hydrogen-bond donors (Lipinski definition) is 1. The van der Waals surface area contributed by atoms with Crippen LogP contribution in [-0.2, 0) is 0 Å². The van der Waals surface area contributed by atoms with E-state index in [0.29, 0.717) is 11.5 Å². The van der Waals surface area contributed by atoms with E-state index in [1.807, 2.05) is 12.1 Å². The molecule has 0 aromatic heterocycles. The maximum absolute atomic E-state index is 12.6. The summed E-state index contributed by atoms with van der Waals surface area (Å²) in [4.78, 5) is 0. The van der Waals surface area contributed by atoms with Gasteiger partial charge in [-0.05, 0) is 36.9 Å². The third-order valence-electron chi connectivity index (χ3n) is 2.91. The van der Waals surface area contributed by atoms with E-state index in [1.165, 1.54) is 18.4 Å². The maximum atomic E-state index is 12.6. The molecule has 0 spiro atoms. The molecule has 0 bridgehead atoms. The molecule has 1 aliphatic rings. The second-order valence-electron chi connectivity index (χ2n) is 4.04. The van der Waals surface area contributed by atoms with Gasteiger partial charge in [0.25, 0.3) is 6.43 Å². The Hall–Kier alpha value is -0.960. The number of nitrogens with one attached hydrogen (secondary N) is 1. The van der Waals surface area contributed by atoms with Crippen molar-refractivity contribution in [3.8, 4) is 0 Å². The van der Waals surface area contributed by atoms with Crippen molar-refractivity contribution in [1.29, 1.82) is 0 Å². The molecule has 0 heterocycles. The zero-order valence-corrected chi connectivity index (χ0v) is 8.71. The molecule has 1 aromatic rings. The van der Waals surface area contributed by atoms with Gasteiger partial charge in [-0.2, -0.15) is 0 Å². The van der Waals surface area contributed by atoms with Crippen LogP contribution in [0.3, 0.4) is 0 Å². The summed E-state index contributed by atoms with van der Waals surface area (Å²) in [6, 6.07) is 6.71. The number of rotatable bonds is 4. The van der Waals surface area contributed by atoms with Crippen LogP contribution in [0.25, 0.3) is 0 Å². The fraction of sp³-hybridized carbons (Fsp3) is 0.500. The quantitative estimate of drug-likeness (QED) is 0.807. The van der Waals surface area contributed by atoms with Gasteiger partial charge in [0.05, 0.1) is 6.04 Å². The first-order valence-electron chi connectivity index (χ1n) is 5.27. The van der Waals surface area contributed by atoms with Crippen LogP contribution in [-0.4, -0.2) is 13.5 Å². The number of alkyl halides is 2. The Morgan fingerprint density at radius 3 is 2.20 bits per heavy atom. The predicted molar refractivity (Wildman–Crippen MR) is 56.2 cm³/mol. The molecule has 1 aliphatic carbocycles. The molecule has 1 nitrogen and oxygen atoms in total. The fourth-order valence-electron chi connectivity index (χ4n) is 1.83. The van der Waals surface area contributed by atoms with Gasteiger partial charge in [-0.25, -0.2) is 8.78 Å². The molecule has 1 aromatic carbocycles. The minimum Gasteiger partial charge on any atom is -0.308 e. The lowest BCUT2D eigenvalue weighted by atomic mass is 10.0. The van der Waals surface area contributed by atoms with Gasteiger partial charge in [0, 0.05) is 0 Å². The van der Waals surface area contributed by atoms with E-state index in [0.717, 1.165) is 0 Å². The summed E-state index contributed by atoms with van der Waals surface area (Å²) < 4.78 is 25.2. The third kappa shape index (κ3) is 2.34. The molecule has 1 unspecified atom stereocenters. The van der Waals surface area contributed by atoms with Crippen molar-refractivity contribution in [2.24, 2.45) is 0 Å². The number of halogens is 2. The Labute approximate surface area is 88.5 Å². The van der Waals surface area contributed by atoms with Crippen LogP contribution >= 0.6 is 0 Å². The highest BCUT2D eigenvalue weighted by atomic mass is 19.3. The monoisotopic (exact) mass is 211 g/mol. The van der Waals surface area contributed by atoms with E-state index in [2.05, 4.69) is 5.32 Å². The molecule has 1 atom stereocenters. The molecule has 2 rings (SSSR count). The van der Waals surface area contributed by atoms with Crippen LogP contribution in [0.1, 0.15) is 35.9 Å². The van der Waals surface area contributed by atoms with E-state index in [4.69, 9.17) is 0 Å².